The van der Waals surface area contributed by atoms with Gasteiger partial charge in [-0.3, -0.25) is 19.1 Å². The van der Waals surface area contributed by atoms with Crippen LogP contribution in [0.4, 0.5) is 11.5 Å². The van der Waals surface area contributed by atoms with E-state index in [1.54, 1.807) is 37.3 Å². The Bertz CT molecular complexity index is 1090. The maximum Gasteiger partial charge on any atom is 0.308 e. The molecule has 0 fully saturated rings. The quantitative estimate of drug-likeness (QED) is 0.658. The molecule has 4 rings (SSSR count). The van der Waals surface area contributed by atoms with Crippen LogP contribution in [-0.4, -0.2) is 17.6 Å². The first-order valence-electron chi connectivity index (χ1n) is 8.41. The van der Waals surface area contributed by atoms with Gasteiger partial charge in [-0.05, 0) is 35.9 Å². The second-order valence-electron chi connectivity index (χ2n) is 6.36. The van der Waals surface area contributed by atoms with Crippen molar-refractivity contribution in [3.63, 3.8) is 0 Å². The third-order valence-corrected chi connectivity index (χ3v) is 6.10. The minimum Gasteiger partial charge on any atom is -0.497 e. The van der Waals surface area contributed by atoms with Gasteiger partial charge in [0.15, 0.2) is 0 Å². The van der Waals surface area contributed by atoms with E-state index in [1.807, 2.05) is 30.3 Å². The van der Waals surface area contributed by atoms with Crippen molar-refractivity contribution in [3.05, 3.63) is 73.7 Å². The van der Waals surface area contributed by atoms with Crippen molar-refractivity contribution in [2.24, 2.45) is 7.05 Å². The van der Waals surface area contributed by atoms with E-state index in [0.717, 1.165) is 16.2 Å². The monoisotopic (exact) mass is 400 g/mol. The molecule has 5 nitrogen and oxygen atoms in total. The number of anilines is 2. The Labute approximate surface area is 165 Å². The zero-order valence-electron chi connectivity index (χ0n) is 14.8. The normalized spacial score (nSPS) is 16.3. The van der Waals surface area contributed by atoms with Gasteiger partial charge in [0, 0.05) is 24.4 Å². The van der Waals surface area contributed by atoms with Gasteiger partial charge in [0.05, 0.1) is 17.7 Å². The zero-order valence-corrected chi connectivity index (χ0v) is 16.4. The summed E-state index contributed by atoms with van der Waals surface area (Å²) in [5.74, 6) is 1.07. The Morgan fingerprint density at radius 3 is 2.67 bits per heavy atom. The van der Waals surface area contributed by atoms with Crippen molar-refractivity contribution in [1.29, 1.82) is 0 Å². The van der Waals surface area contributed by atoms with Gasteiger partial charge in [0.1, 0.15) is 11.6 Å². The van der Waals surface area contributed by atoms with Crippen LogP contribution in [0.2, 0.25) is 5.02 Å². The number of carbonyl (C=O) groups excluding carboxylic acids is 1. The van der Waals surface area contributed by atoms with Gasteiger partial charge < -0.3 is 4.74 Å². The van der Waals surface area contributed by atoms with Crippen LogP contribution >= 0.6 is 22.9 Å². The number of methoxy groups -OCH3 is 1. The smallest absolute Gasteiger partial charge is 0.308 e. The Kier molecular flexibility index (Phi) is 4.53. The van der Waals surface area contributed by atoms with E-state index in [4.69, 9.17) is 16.3 Å². The highest BCUT2D eigenvalue weighted by Crippen LogP contribution is 2.45. The first-order valence-corrected chi connectivity index (χ1v) is 9.61. The summed E-state index contributed by atoms with van der Waals surface area (Å²) >= 11 is 7.30. The summed E-state index contributed by atoms with van der Waals surface area (Å²) in [5, 5.41) is 0.539. The lowest BCUT2D eigenvalue weighted by Crippen LogP contribution is -2.34. The molecule has 1 aromatic heterocycles. The third-order valence-electron chi connectivity index (χ3n) is 4.73. The molecule has 138 valence electrons. The van der Waals surface area contributed by atoms with Crippen LogP contribution in [0.25, 0.3) is 0 Å². The molecule has 0 bridgehead atoms. The van der Waals surface area contributed by atoms with Crippen LogP contribution in [0.5, 0.6) is 5.75 Å². The summed E-state index contributed by atoms with van der Waals surface area (Å²) in [6.45, 7) is 0. The van der Waals surface area contributed by atoms with Gasteiger partial charge >= 0.3 is 4.87 Å². The lowest BCUT2D eigenvalue weighted by atomic mass is 9.90. The molecule has 0 aliphatic carbocycles. The number of carbonyl (C=O) groups is 1. The Balaban J connectivity index is 1.89. The highest BCUT2D eigenvalue weighted by Gasteiger charge is 2.37. The summed E-state index contributed by atoms with van der Waals surface area (Å²) in [7, 11) is 3.30. The highest BCUT2D eigenvalue weighted by atomic mass is 35.5. The summed E-state index contributed by atoms with van der Waals surface area (Å²) in [4.78, 5) is 27.9. The molecule has 0 N–H and O–H groups in total. The molecule has 0 radical (unpaired) electrons. The number of rotatable bonds is 3. The number of aromatic nitrogens is 1. The maximum absolute atomic E-state index is 13.1. The second-order valence-corrected chi connectivity index (χ2v) is 7.79. The summed E-state index contributed by atoms with van der Waals surface area (Å²) in [6.07, 6.45) is 0.270. The molecule has 27 heavy (non-hydrogen) atoms. The molecule has 1 aliphatic heterocycles. The van der Waals surface area contributed by atoms with Gasteiger partial charge in [-0.15, -0.1) is 0 Å². The van der Waals surface area contributed by atoms with Crippen molar-refractivity contribution in [2.45, 2.75) is 12.3 Å². The van der Waals surface area contributed by atoms with Gasteiger partial charge in [0.2, 0.25) is 5.91 Å². The van der Waals surface area contributed by atoms with E-state index < -0.39 is 0 Å². The van der Waals surface area contributed by atoms with E-state index >= 15 is 0 Å². The van der Waals surface area contributed by atoms with E-state index in [1.165, 1.54) is 15.9 Å². The van der Waals surface area contributed by atoms with Crippen molar-refractivity contribution >= 4 is 40.4 Å². The fraction of sp³-hybridized carbons (Fsp3) is 0.200. The lowest BCUT2D eigenvalue weighted by Gasteiger charge is -2.32. The van der Waals surface area contributed by atoms with Gasteiger partial charge in [0.25, 0.3) is 0 Å². The minimum absolute atomic E-state index is 0.0778. The van der Waals surface area contributed by atoms with Gasteiger partial charge in [-0.1, -0.05) is 41.1 Å². The van der Waals surface area contributed by atoms with Crippen molar-refractivity contribution in [1.82, 2.24) is 4.57 Å². The number of benzene rings is 2. The molecule has 3 aromatic rings. The molecule has 0 saturated carbocycles. The van der Waals surface area contributed by atoms with Crippen LogP contribution in [0.15, 0.2) is 53.3 Å². The molecule has 1 aliphatic rings. The highest BCUT2D eigenvalue weighted by molar-refractivity contribution is 7.10. The number of halogens is 1. The molecular weight excluding hydrogens is 384 g/mol. The Morgan fingerprint density at radius 2 is 1.93 bits per heavy atom. The standard InChI is InChI=1S/C20H17ClN2O3S/c1-22-19-18(27-20(22)25)16(12-5-3-8-15(9-12)26-2)11-17(24)23(19)14-7-4-6-13(21)10-14/h3-10,16H,11H2,1-2H3/t16-/m1/s1. The predicted molar refractivity (Wildman–Crippen MR) is 108 cm³/mol. The number of hydrogen-bond donors (Lipinski definition) is 0. The maximum atomic E-state index is 13.1. The third kappa shape index (κ3) is 3.05. The van der Waals surface area contributed by atoms with Gasteiger partial charge in [-0.25, -0.2) is 0 Å². The number of nitrogens with zero attached hydrogens (tertiary/aromatic N) is 2. The van der Waals surface area contributed by atoms with E-state index in [0.29, 0.717) is 16.5 Å². The molecule has 1 atom stereocenters. The first-order chi connectivity index (χ1) is 13.0. The van der Waals surface area contributed by atoms with Crippen molar-refractivity contribution in [2.75, 3.05) is 12.0 Å². The minimum atomic E-state index is -0.183. The van der Waals surface area contributed by atoms with Crippen LogP contribution in [0, 0.1) is 0 Å². The number of thiazole rings is 1. The van der Waals surface area contributed by atoms with Crippen molar-refractivity contribution in [3.8, 4) is 5.75 Å². The topological polar surface area (TPSA) is 51.5 Å². The largest absolute Gasteiger partial charge is 0.497 e. The van der Waals surface area contributed by atoms with Gasteiger partial charge in [-0.2, -0.15) is 0 Å². The molecule has 2 heterocycles. The van der Waals surface area contributed by atoms with Crippen LogP contribution in [0.1, 0.15) is 22.8 Å². The number of ether oxygens (including phenoxy) is 1. The SMILES string of the molecule is COc1cccc([C@H]2CC(=O)N(c3cccc(Cl)c3)c3c2sc(=O)n3C)c1. The fourth-order valence-electron chi connectivity index (χ4n) is 3.43. The first kappa shape index (κ1) is 17.8. The van der Waals surface area contributed by atoms with E-state index in [-0.39, 0.29) is 23.1 Å². The molecule has 0 saturated heterocycles. The van der Waals surface area contributed by atoms with Crippen LogP contribution < -0.4 is 14.5 Å². The molecule has 0 unspecified atom stereocenters. The fourth-order valence-corrected chi connectivity index (χ4v) is 4.71. The summed E-state index contributed by atoms with van der Waals surface area (Å²) < 4.78 is 6.85. The number of amides is 1. The summed E-state index contributed by atoms with van der Waals surface area (Å²) in [5.41, 5.74) is 1.61. The van der Waals surface area contributed by atoms with Crippen LogP contribution in [-0.2, 0) is 11.8 Å². The Hall–Kier alpha value is -2.57. The molecule has 1 amide bonds. The number of fused-ring (bicyclic) bond motifs is 1. The second kappa shape index (κ2) is 6.87. The summed E-state index contributed by atoms with van der Waals surface area (Å²) in [6, 6.07) is 14.7. The number of hydrogen-bond acceptors (Lipinski definition) is 4. The Morgan fingerprint density at radius 1 is 1.15 bits per heavy atom. The lowest BCUT2D eigenvalue weighted by molar-refractivity contribution is -0.118. The average molecular weight is 401 g/mol. The molecule has 0 spiro atoms. The average Bonchev–Trinajstić information content (AvgIpc) is 2.96. The van der Waals surface area contributed by atoms with Crippen molar-refractivity contribution < 1.29 is 9.53 Å². The molecule has 7 heteroatoms. The molecular formula is C20H17ClN2O3S. The zero-order chi connectivity index (χ0) is 19.1. The van der Waals surface area contributed by atoms with E-state index in [9.17, 15) is 9.59 Å². The molecule has 2 aromatic carbocycles. The predicted octanol–water partition coefficient (Wildman–Crippen LogP) is 4.31. The van der Waals surface area contributed by atoms with E-state index in [2.05, 4.69) is 0 Å². The van der Waals surface area contributed by atoms with Crippen LogP contribution in [0.3, 0.4) is 0 Å².